The van der Waals surface area contributed by atoms with Gasteiger partial charge in [-0.3, -0.25) is 14.3 Å². The third kappa shape index (κ3) is 3.12. The second-order valence-corrected chi connectivity index (χ2v) is 5.40. The molecular formula is C13H20FN3O5. The fourth-order valence-corrected chi connectivity index (χ4v) is 2.47. The standard InChI is InChI=1S/C13H20FN3O5/c1-6-5-17(13(21)16-11(6)20)12-8(14)9(19)10(22-12)7(18)3-2-4-15/h5,7-10,12,18-19H,2-4,15H2,1H3,(H,16,20,21)/t7-,8-,9-,10+,12+/m0/s1. The molecule has 1 fully saturated rings. The Bertz CT molecular complexity index is 631. The first-order valence-corrected chi connectivity index (χ1v) is 7.04. The highest BCUT2D eigenvalue weighted by molar-refractivity contribution is 5.03. The van der Waals surface area contributed by atoms with Gasteiger partial charge >= 0.3 is 5.69 Å². The summed E-state index contributed by atoms with van der Waals surface area (Å²) in [5.74, 6) is 0. The number of halogens is 1. The van der Waals surface area contributed by atoms with E-state index in [0.717, 1.165) is 4.57 Å². The van der Waals surface area contributed by atoms with Crippen molar-refractivity contribution in [3.05, 3.63) is 32.6 Å². The van der Waals surface area contributed by atoms with E-state index in [2.05, 4.69) is 0 Å². The van der Waals surface area contributed by atoms with E-state index in [1.807, 2.05) is 4.98 Å². The molecule has 1 aromatic rings. The highest BCUT2D eigenvalue weighted by atomic mass is 19.1. The normalized spacial score (nSPS) is 29.7. The van der Waals surface area contributed by atoms with Gasteiger partial charge in [0.05, 0.1) is 6.10 Å². The number of alkyl halides is 1. The van der Waals surface area contributed by atoms with Crippen molar-refractivity contribution < 1.29 is 19.3 Å². The van der Waals surface area contributed by atoms with Crippen LogP contribution in [0.15, 0.2) is 15.8 Å². The van der Waals surface area contributed by atoms with Crippen molar-refractivity contribution in [1.29, 1.82) is 0 Å². The Morgan fingerprint density at radius 2 is 2.23 bits per heavy atom. The van der Waals surface area contributed by atoms with E-state index in [9.17, 15) is 24.2 Å². The number of rotatable bonds is 5. The van der Waals surface area contributed by atoms with Crippen LogP contribution in [0.2, 0.25) is 0 Å². The van der Waals surface area contributed by atoms with Crippen LogP contribution in [0.5, 0.6) is 0 Å². The van der Waals surface area contributed by atoms with E-state index in [4.69, 9.17) is 10.5 Å². The van der Waals surface area contributed by atoms with Crippen LogP contribution in [-0.2, 0) is 4.74 Å². The Balaban J connectivity index is 2.25. The lowest BCUT2D eigenvalue weighted by molar-refractivity contribution is -0.0865. The number of hydrogen-bond donors (Lipinski definition) is 4. The summed E-state index contributed by atoms with van der Waals surface area (Å²) in [6.07, 6.45) is -5.23. The summed E-state index contributed by atoms with van der Waals surface area (Å²) in [6.45, 7) is 1.81. The molecule has 0 aliphatic carbocycles. The molecule has 0 spiro atoms. The third-order valence-corrected chi connectivity index (χ3v) is 3.74. The van der Waals surface area contributed by atoms with Crippen molar-refractivity contribution in [2.75, 3.05) is 6.54 Å². The number of H-pyrrole nitrogens is 1. The van der Waals surface area contributed by atoms with Crippen LogP contribution in [-0.4, -0.2) is 50.8 Å². The van der Waals surface area contributed by atoms with Gasteiger partial charge in [0.2, 0.25) is 0 Å². The van der Waals surface area contributed by atoms with E-state index >= 15 is 0 Å². The van der Waals surface area contributed by atoms with Crippen molar-refractivity contribution in [2.24, 2.45) is 5.73 Å². The molecule has 5 atom stereocenters. The Morgan fingerprint density at radius 1 is 1.55 bits per heavy atom. The predicted octanol–water partition coefficient (Wildman–Crippen LogP) is -1.46. The van der Waals surface area contributed by atoms with Gasteiger partial charge in [0.15, 0.2) is 12.4 Å². The Kier molecular flexibility index (Phi) is 5.12. The molecule has 0 aromatic carbocycles. The van der Waals surface area contributed by atoms with Crippen molar-refractivity contribution in [1.82, 2.24) is 9.55 Å². The highest BCUT2D eigenvalue weighted by Gasteiger charge is 2.48. The minimum atomic E-state index is -1.90. The molecule has 1 aliphatic rings. The van der Waals surface area contributed by atoms with Gasteiger partial charge in [0, 0.05) is 11.8 Å². The average molecular weight is 317 g/mol. The maximum atomic E-state index is 14.2. The van der Waals surface area contributed by atoms with Gasteiger partial charge in [0.1, 0.15) is 12.2 Å². The van der Waals surface area contributed by atoms with E-state index < -0.39 is 42.0 Å². The molecule has 2 rings (SSSR count). The van der Waals surface area contributed by atoms with E-state index in [1.54, 1.807) is 0 Å². The smallest absolute Gasteiger partial charge is 0.330 e. The number of nitrogens with one attached hydrogen (secondary N) is 1. The molecule has 0 saturated carbocycles. The van der Waals surface area contributed by atoms with Crippen molar-refractivity contribution in [3.63, 3.8) is 0 Å². The molecule has 124 valence electrons. The Morgan fingerprint density at radius 3 is 2.86 bits per heavy atom. The number of aliphatic hydroxyl groups is 2. The number of aromatic amines is 1. The molecule has 5 N–H and O–H groups in total. The number of aryl methyl sites for hydroxylation is 1. The lowest BCUT2D eigenvalue weighted by atomic mass is 10.0. The van der Waals surface area contributed by atoms with Crippen LogP contribution in [0.25, 0.3) is 0 Å². The summed E-state index contributed by atoms with van der Waals surface area (Å²) in [4.78, 5) is 25.2. The van der Waals surface area contributed by atoms with Crippen molar-refractivity contribution in [2.45, 2.75) is 50.5 Å². The highest BCUT2D eigenvalue weighted by Crippen LogP contribution is 2.33. The summed E-state index contributed by atoms with van der Waals surface area (Å²) >= 11 is 0. The van der Waals surface area contributed by atoms with Crippen molar-refractivity contribution >= 4 is 0 Å². The summed E-state index contributed by atoms with van der Waals surface area (Å²) in [6, 6.07) is 0. The molecule has 22 heavy (non-hydrogen) atoms. The maximum Gasteiger partial charge on any atom is 0.330 e. The third-order valence-electron chi connectivity index (χ3n) is 3.74. The molecular weight excluding hydrogens is 297 g/mol. The monoisotopic (exact) mass is 317 g/mol. The van der Waals surface area contributed by atoms with Gasteiger partial charge in [-0.2, -0.15) is 0 Å². The second-order valence-electron chi connectivity index (χ2n) is 5.40. The topological polar surface area (TPSA) is 131 Å². The average Bonchev–Trinajstić information content (AvgIpc) is 2.77. The first-order valence-electron chi connectivity index (χ1n) is 7.04. The van der Waals surface area contributed by atoms with Crippen LogP contribution < -0.4 is 17.0 Å². The first-order chi connectivity index (χ1) is 10.4. The largest absolute Gasteiger partial charge is 0.390 e. The lowest BCUT2D eigenvalue weighted by Gasteiger charge is -2.20. The van der Waals surface area contributed by atoms with Gasteiger partial charge in [-0.1, -0.05) is 0 Å². The lowest BCUT2D eigenvalue weighted by Crippen LogP contribution is -2.38. The quantitative estimate of drug-likeness (QED) is 0.525. The number of aromatic nitrogens is 2. The number of nitrogens with zero attached hydrogens (tertiary/aromatic N) is 1. The summed E-state index contributed by atoms with van der Waals surface area (Å²) in [5.41, 5.74) is 4.13. The van der Waals surface area contributed by atoms with Gasteiger partial charge in [-0.15, -0.1) is 0 Å². The Labute approximate surface area is 125 Å². The van der Waals surface area contributed by atoms with Crippen LogP contribution in [0.1, 0.15) is 24.6 Å². The zero-order chi connectivity index (χ0) is 16.4. The summed E-state index contributed by atoms with van der Waals surface area (Å²) < 4.78 is 20.5. The van der Waals surface area contributed by atoms with Gasteiger partial charge in [0.25, 0.3) is 5.56 Å². The molecule has 1 aromatic heterocycles. The minimum absolute atomic E-state index is 0.206. The van der Waals surface area contributed by atoms with Crippen molar-refractivity contribution in [3.8, 4) is 0 Å². The Hall–Kier alpha value is -1.55. The minimum Gasteiger partial charge on any atom is -0.390 e. The number of ether oxygens (including phenoxy) is 1. The van der Waals surface area contributed by atoms with E-state index in [0.29, 0.717) is 13.0 Å². The van der Waals surface area contributed by atoms with Gasteiger partial charge in [-0.05, 0) is 26.3 Å². The second kappa shape index (κ2) is 6.69. The van der Waals surface area contributed by atoms with Crippen LogP contribution >= 0.6 is 0 Å². The molecule has 2 heterocycles. The maximum absolute atomic E-state index is 14.2. The molecule has 1 aliphatic heterocycles. The van der Waals surface area contributed by atoms with E-state index in [-0.39, 0.29) is 12.0 Å². The molecule has 0 bridgehead atoms. The zero-order valence-corrected chi connectivity index (χ0v) is 12.1. The van der Waals surface area contributed by atoms with Crippen LogP contribution in [0.4, 0.5) is 4.39 Å². The molecule has 0 unspecified atom stereocenters. The number of hydrogen-bond acceptors (Lipinski definition) is 6. The fourth-order valence-electron chi connectivity index (χ4n) is 2.47. The summed E-state index contributed by atoms with van der Waals surface area (Å²) in [5, 5.41) is 19.8. The van der Waals surface area contributed by atoms with E-state index in [1.165, 1.54) is 13.1 Å². The first kappa shape index (κ1) is 16.8. The predicted molar refractivity (Wildman–Crippen MR) is 75.2 cm³/mol. The number of nitrogens with two attached hydrogens (primary N) is 1. The molecule has 8 nitrogen and oxygen atoms in total. The van der Waals surface area contributed by atoms with Gasteiger partial charge in [-0.25, -0.2) is 9.18 Å². The van der Waals surface area contributed by atoms with Crippen LogP contribution in [0, 0.1) is 6.92 Å². The molecule has 0 amide bonds. The molecule has 9 heteroatoms. The van der Waals surface area contributed by atoms with Gasteiger partial charge < -0.3 is 20.7 Å². The fraction of sp³-hybridized carbons (Fsp3) is 0.692. The SMILES string of the molecule is Cc1cn([C@@H]2O[C@H]([C@@H](O)CCCN)[C@@H](O)[C@@H]2F)c(=O)[nH]c1=O. The van der Waals surface area contributed by atoms with Crippen LogP contribution in [0.3, 0.4) is 0 Å². The zero-order valence-electron chi connectivity index (χ0n) is 12.1. The summed E-state index contributed by atoms with van der Waals surface area (Å²) in [7, 11) is 0. The molecule has 0 radical (unpaired) electrons. The molecule has 1 saturated heterocycles. The number of aliphatic hydroxyl groups excluding tert-OH is 2.